The van der Waals surface area contributed by atoms with Crippen LogP contribution in [0.2, 0.25) is 0 Å². The predicted octanol–water partition coefficient (Wildman–Crippen LogP) is 2.32. The normalized spacial score (nSPS) is 30.2. The summed E-state index contributed by atoms with van der Waals surface area (Å²) in [6.45, 7) is 9.58. The van der Waals surface area contributed by atoms with Crippen LogP contribution in [-0.4, -0.2) is 24.5 Å². The SMILES string of the molecule is CCNC(C)CC(=O)NC1CCC(CC)C1C. The van der Waals surface area contributed by atoms with Crippen LogP contribution in [0.5, 0.6) is 0 Å². The molecule has 0 spiro atoms. The van der Waals surface area contributed by atoms with Gasteiger partial charge in [-0.15, -0.1) is 0 Å². The molecule has 1 aliphatic carbocycles. The van der Waals surface area contributed by atoms with Crippen LogP contribution in [0.15, 0.2) is 0 Å². The van der Waals surface area contributed by atoms with Gasteiger partial charge in [-0.2, -0.15) is 0 Å². The van der Waals surface area contributed by atoms with Gasteiger partial charge in [0.05, 0.1) is 0 Å². The lowest BCUT2D eigenvalue weighted by Gasteiger charge is -2.22. The summed E-state index contributed by atoms with van der Waals surface area (Å²) in [7, 11) is 0. The zero-order valence-electron chi connectivity index (χ0n) is 11.8. The summed E-state index contributed by atoms with van der Waals surface area (Å²) < 4.78 is 0. The number of nitrogens with one attached hydrogen (secondary N) is 2. The Bertz CT molecular complexity index is 242. The highest BCUT2D eigenvalue weighted by atomic mass is 16.1. The molecule has 0 aromatic heterocycles. The number of amides is 1. The lowest BCUT2D eigenvalue weighted by atomic mass is 9.93. The maximum Gasteiger partial charge on any atom is 0.221 e. The summed E-state index contributed by atoms with van der Waals surface area (Å²) in [4.78, 5) is 11.9. The van der Waals surface area contributed by atoms with E-state index >= 15 is 0 Å². The number of rotatable bonds is 6. The van der Waals surface area contributed by atoms with E-state index in [2.05, 4.69) is 38.3 Å². The van der Waals surface area contributed by atoms with Crippen LogP contribution in [0.1, 0.15) is 53.4 Å². The molecule has 17 heavy (non-hydrogen) atoms. The molecule has 0 aromatic carbocycles. The number of carbonyl (C=O) groups excluding carboxylic acids is 1. The topological polar surface area (TPSA) is 41.1 Å². The van der Waals surface area contributed by atoms with E-state index in [1.165, 1.54) is 12.8 Å². The molecule has 1 fully saturated rings. The van der Waals surface area contributed by atoms with Crippen molar-refractivity contribution in [1.29, 1.82) is 0 Å². The molecule has 4 unspecified atom stereocenters. The van der Waals surface area contributed by atoms with Crippen LogP contribution in [0, 0.1) is 11.8 Å². The van der Waals surface area contributed by atoms with Crippen molar-refractivity contribution in [3.05, 3.63) is 0 Å². The molecule has 1 aliphatic rings. The molecule has 0 heterocycles. The summed E-state index contributed by atoms with van der Waals surface area (Å²) >= 11 is 0. The zero-order chi connectivity index (χ0) is 12.8. The molecular formula is C14H28N2O. The van der Waals surface area contributed by atoms with Gasteiger partial charge in [-0.3, -0.25) is 4.79 Å². The van der Waals surface area contributed by atoms with E-state index in [0.29, 0.717) is 18.4 Å². The first kappa shape index (κ1) is 14.5. The van der Waals surface area contributed by atoms with Crippen LogP contribution in [0.3, 0.4) is 0 Å². The van der Waals surface area contributed by atoms with Crippen LogP contribution in [0.25, 0.3) is 0 Å². The summed E-state index contributed by atoms with van der Waals surface area (Å²) in [6.07, 6.45) is 4.25. The third-order valence-corrected chi connectivity index (χ3v) is 4.14. The van der Waals surface area contributed by atoms with Crippen molar-refractivity contribution in [3.8, 4) is 0 Å². The standard InChI is InChI=1S/C14H28N2O/c1-5-12-7-8-13(11(12)4)16-14(17)9-10(3)15-6-2/h10-13,15H,5-9H2,1-4H3,(H,16,17). The van der Waals surface area contributed by atoms with Gasteiger partial charge < -0.3 is 10.6 Å². The minimum absolute atomic E-state index is 0.201. The second kappa shape index (κ2) is 7.00. The van der Waals surface area contributed by atoms with Crippen molar-refractivity contribution in [3.63, 3.8) is 0 Å². The van der Waals surface area contributed by atoms with E-state index in [4.69, 9.17) is 0 Å². The highest BCUT2D eigenvalue weighted by Gasteiger charge is 2.32. The molecule has 0 saturated heterocycles. The highest BCUT2D eigenvalue weighted by Crippen LogP contribution is 2.33. The van der Waals surface area contributed by atoms with Gasteiger partial charge in [-0.1, -0.05) is 27.2 Å². The van der Waals surface area contributed by atoms with Gasteiger partial charge in [-0.25, -0.2) is 0 Å². The van der Waals surface area contributed by atoms with Crippen molar-refractivity contribution in [2.45, 2.75) is 65.5 Å². The van der Waals surface area contributed by atoms with Gasteiger partial charge in [0, 0.05) is 18.5 Å². The average Bonchev–Trinajstić information content (AvgIpc) is 2.60. The monoisotopic (exact) mass is 240 g/mol. The maximum atomic E-state index is 11.9. The van der Waals surface area contributed by atoms with Crippen molar-refractivity contribution < 1.29 is 4.79 Å². The van der Waals surface area contributed by atoms with Crippen molar-refractivity contribution in [1.82, 2.24) is 10.6 Å². The molecule has 3 heteroatoms. The molecule has 0 radical (unpaired) electrons. The Labute approximate surface area is 106 Å². The summed E-state index contributed by atoms with van der Waals surface area (Å²) in [6, 6.07) is 0.681. The fourth-order valence-electron chi connectivity index (χ4n) is 2.99. The van der Waals surface area contributed by atoms with E-state index in [1.54, 1.807) is 0 Å². The van der Waals surface area contributed by atoms with Gasteiger partial charge in [0.1, 0.15) is 0 Å². The molecule has 0 aliphatic heterocycles. The third-order valence-electron chi connectivity index (χ3n) is 4.14. The first-order valence-corrected chi connectivity index (χ1v) is 7.11. The maximum absolute atomic E-state index is 11.9. The first-order chi connectivity index (χ1) is 8.08. The fraction of sp³-hybridized carbons (Fsp3) is 0.929. The Hall–Kier alpha value is -0.570. The van der Waals surface area contributed by atoms with Crippen LogP contribution in [-0.2, 0) is 4.79 Å². The second-order valence-electron chi connectivity index (χ2n) is 5.44. The number of carbonyl (C=O) groups is 1. The lowest BCUT2D eigenvalue weighted by molar-refractivity contribution is -0.122. The Morgan fingerprint density at radius 2 is 2.06 bits per heavy atom. The van der Waals surface area contributed by atoms with Crippen LogP contribution >= 0.6 is 0 Å². The van der Waals surface area contributed by atoms with E-state index in [9.17, 15) is 4.79 Å². The Morgan fingerprint density at radius 3 is 2.59 bits per heavy atom. The molecule has 0 bridgehead atoms. The smallest absolute Gasteiger partial charge is 0.221 e. The highest BCUT2D eigenvalue weighted by molar-refractivity contribution is 5.76. The molecule has 2 N–H and O–H groups in total. The zero-order valence-corrected chi connectivity index (χ0v) is 11.8. The van der Waals surface area contributed by atoms with E-state index < -0.39 is 0 Å². The molecule has 1 rings (SSSR count). The minimum atomic E-state index is 0.201. The number of hydrogen-bond donors (Lipinski definition) is 2. The molecule has 1 amide bonds. The Balaban J connectivity index is 2.32. The lowest BCUT2D eigenvalue weighted by Crippen LogP contribution is -2.40. The van der Waals surface area contributed by atoms with Crippen LogP contribution < -0.4 is 10.6 Å². The van der Waals surface area contributed by atoms with Crippen molar-refractivity contribution in [2.75, 3.05) is 6.54 Å². The second-order valence-corrected chi connectivity index (χ2v) is 5.44. The summed E-state index contributed by atoms with van der Waals surface area (Å²) in [5.74, 6) is 1.64. The van der Waals surface area contributed by atoms with Gasteiger partial charge in [0.15, 0.2) is 0 Å². The summed E-state index contributed by atoms with van der Waals surface area (Å²) in [5.41, 5.74) is 0. The number of hydrogen-bond acceptors (Lipinski definition) is 2. The largest absolute Gasteiger partial charge is 0.353 e. The molecule has 4 atom stereocenters. The van der Waals surface area contributed by atoms with E-state index in [1.807, 2.05) is 0 Å². The Kier molecular flexibility index (Phi) is 5.96. The quantitative estimate of drug-likeness (QED) is 0.748. The molecule has 1 saturated carbocycles. The van der Waals surface area contributed by atoms with Gasteiger partial charge in [0.25, 0.3) is 0 Å². The van der Waals surface area contributed by atoms with Crippen molar-refractivity contribution in [2.24, 2.45) is 11.8 Å². The van der Waals surface area contributed by atoms with E-state index in [0.717, 1.165) is 18.9 Å². The third kappa shape index (κ3) is 4.30. The summed E-state index contributed by atoms with van der Waals surface area (Å²) in [5, 5.41) is 6.47. The Morgan fingerprint density at radius 1 is 1.35 bits per heavy atom. The molecule has 0 aromatic rings. The van der Waals surface area contributed by atoms with Crippen molar-refractivity contribution >= 4 is 5.91 Å². The predicted molar refractivity (Wildman–Crippen MR) is 71.9 cm³/mol. The minimum Gasteiger partial charge on any atom is -0.353 e. The molecule has 100 valence electrons. The molecular weight excluding hydrogens is 212 g/mol. The van der Waals surface area contributed by atoms with Gasteiger partial charge in [-0.05, 0) is 38.1 Å². The molecule has 3 nitrogen and oxygen atoms in total. The van der Waals surface area contributed by atoms with Gasteiger partial charge >= 0.3 is 0 Å². The van der Waals surface area contributed by atoms with Crippen LogP contribution in [0.4, 0.5) is 0 Å². The average molecular weight is 240 g/mol. The fourth-order valence-corrected chi connectivity index (χ4v) is 2.99. The van der Waals surface area contributed by atoms with E-state index in [-0.39, 0.29) is 11.9 Å². The van der Waals surface area contributed by atoms with Gasteiger partial charge in [0.2, 0.25) is 5.91 Å². The first-order valence-electron chi connectivity index (χ1n) is 7.11.